The quantitative estimate of drug-likeness (QED) is 0.858. The van der Waals surface area contributed by atoms with Crippen LogP contribution < -0.4 is 11.1 Å². The Kier molecular flexibility index (Phi) is 5.10. The maximum Gasteiger partial charge on any atom is 0.251 e. The molecule has 104 valence electrons. The summed E-state index contributed by atoms with van der Waals surface area (Å²) in [5, 5.41) is 3.04. The van der Waals surface area contributed by atoms with Gasteiger partial charge in [-0.05, 0) is 37.4 Å². The van der Waals surface area contributed by atoms with E-state index < -0.39 is 10.8 Å². The lowest BCUT2D eigenvalue weighted by molar-refractivity contribution is 0.0933. The fourth-order valence-corrected chi connectivity index (χ4v) is 3.62. The van der Waals surface area contributed by atoms with Crippen LogP contribution in [0, 0.1) is 0 Å². The molecule has 5 heteroatoms. The van der Waals surface area contributed by atoms with Gasteiger partial charge in [0.2, 0.25) is 0 Å². The number of carbonyl (C=O) groups is 1. The largest absolute Gasteiger partial charge is 0.349 e. The van der Waals surface area contributed by atoms with Crippen molar-refractivity contribution in [1.29, 1.82) is 0 Å². The van der Waals surface area contributed by atoms with Crippen LogP contribution in [-0.2, 0) is 17.2 Å². The zero-order chi connectivity index (χ0) is 13.7. The van der Waals surface area contributed by atoms with E-state index in [4.69, 9.17) is 5.73 Å². The van der Waals surface area contributed by atoms with E-state index in [1.807, 2.05) is 24.3 Å². The van der Waals surface area contributed by atoms with Crippen molar-refractivity contribution in [1.82, 2.24) is 5.32 Å². The van der Waals surface area contributed by atoms with Gasteiger partial charge in [-0.3, -0.25) is 9.00 Å². The molecule has 1 heterocycles. The number of carbonyl (C=O) groups excluding carboxylic acids is 1. The molecular weight excluding hydrogens is 260 g/mol. The summed E-state index contributed by atoms with van der Waals surface area (Å²) in [5.41, 5.74) is 7.26. The molecule has 0 spiro atoms. The first kappa shape index (κ1) is 14.2. The Morgan fingerprint density at radius 1 is 1.32 bits per heavy atom. The van der Waals surface area contributed by atoms with Gasteiger partial charge in [-0.2, -0.15) is 0 Å². The molecule has 1 amide bonds. The number of nitrogens with two attached hydrogens (primary N) is 1. The molecule has 0 unspecified atom stereocenters. The van der Waals surface area contributed by atoms with Crippen LogP contribution in [0.3, 0.4) is 0 Å². The van der Waals surface area contributed by atoms with E-state index in [0.29, 0.717) is 30.0 Å². The van der Waals surface area contributed by atoms with Crippen molar-refractivity contribution < 1.29 is 9.00 Å². The van der Waals surface area contributed by atoms with E-state index in [0.717, 1.165) is 18.4 Å². The molecule has 0 aromatic heterocycles. The Labute approximate surface area is 116 Å². The minimum atomic E-state index is -0.695. The minimum Gasteiger partial charge on any atom is -0.349 e. The summed E-state index contributed by atoms with van der Waals surface area (Å²) >= 11 is 0. The highest BCUT2D eigenvalue weighted by Gasteiger charge is 2.20. The molecule has 1 aromatic carbocycles. The molecule has 1 fully saturated rings. The van der Waals surface area contributed by atoms with Crippen molar-refractivity contribution in [3.63, 3.8) is 0 Å². The van der Waals surface area contributed by atoms with E-state index in [1.54, 1.807) is 0 Å². The van der Waals surface area contributed by atoms with Gasteiger partial charge >= 0.3 is 0 Å². The van der Waals surface area contributed by atoms with Crippen molar-refractivity contribution in [2.24, 2.45) is 5.73 Å². The van der Waals surface area contributed by atoms with Crippen LogP contribution in [0.2, 0.25) is 0 Å². The van der Waals surface area contributed by atoms with Crippen LogP contribution >= 0.6 is 0 Å². The van der Waals surface area contributed by atoms with E-state index >= 15 is 0 Å². The number of hydrogen-bond donors (Lipinski definition) is 2. The predicted octanol–water partition coefficient (Wildman–Crippen LogP) is 0.829. The molecule has 3 N–H and O–H groups in total. The predicted molar refractivity (Wildman–Crippen MR) is 77.6 cm³/mol. The number of benzene rings is 1. The summed E-state index contributed by atoms with van der Waals surface area (Å²) < 4.78 is 11.3. The third kappa shape index (κ3) is 3.88. The fourth-order valence-electron chi connectivity index (χ4n) is 2.32. The molecule has 1 aromatic rings. The molecule has 1 saturated heterocycles. The van der Waals surface area contributed by atoms with Crippen LogP contribution in [0.15, 0.2) is 24.3 Å². The smallest absolute Gasteiger partial charge is 0.251 e. The van der Waals surface area contributed by atoms with Gasteiger partial charge in [0.25, 0.3) is 5.91 Å². The Bertz CT molecular complexity index is 466. The van der Waals surface area contributed by atoms with Gasteiger partial charge in [0.05, 0.1) is 0 Å². The lowest BCUT2D eigenvalue weighted by atomic mass is 10.0. The molecule has 0 aliphatic carbocycles. The molecule has 2 rings (SSSR count). The zero-order valence-electron chi connectivity index (χ0n) is 10.9. The molecular formula is C14H20N2O2S. The summed E-state index contributed by atoms with van der Waals surface area (Å²) in [5.74, 6) is 1.34. The summed E-state index contributed by atoms with van der Waals surface area (Å²) in [6.45, 7) is 0.534. The summed E-state index contributed by atoms with van der Waals surface area (Å²) in [6, 6.07) is 7.71. The van der Waals surface area contributed by atoms with E-state index in [-0.39, 0.29) is 11.9 Å². The van der Waals surface area contributed by atoms with Crippen LogP contribution in [0.4, 0.5) is 0 Å². The summed E-state index contributed by atoms with van der Waals surface area (Å²) in [6.07, 6.45) is 2.31. The van der Waals surface area contributed by atoms with Crippen LogP contribution in [0.25, 0.3) is 0 Å². The van der Waals surface area contributed by atoms with Crippen molar-refractivity contribution in [2.45, 2.75) is 25.3 Å². The molecule has 4 nitrogen and oxygen atoms in total. The number of rotatable bonds is 4. The van der Waals surface area contributed by atoms with Crippen molar-refractivity contribution in [2.75, 3.05) is 18.1 Å². The van der Waals surface area contributed by atoms with Crippen molar-refractivity contribution in [3.8, 4) is 0 Å². The summed E-state index contributed by atoms with van der Waals surface area (Å²) in [4.78, 5) is 12.3. The molecule has 0 saturated carbocycles. The maximum atomic E-state index is 12.3. The highest BCUT2D eigenvalue weighted by Crippen LogP contribution is 2.13. The van der Waals surface area contributed by atoms with Crippen LogP contribution in [0.1, 0.15) is 28.8 Å². The standard InChI is InChI=1S/C14H20N2O2S/c15-8-5-11-3-1-2-4-13(11)14(17)16-12-6-9-19(18)10-7-12/h1-4,12H,5-10,15H2,(H,16,17). The number of nitrogens with one attached hydrogen (secondary N) is 1. The van der Waals surface area contributed by atoms with Gasteiger partial charge in [0.15, 0.2) is 0 Å². The van der Waals surface area contributed by atoms with E-state index in [9.17, 15) is 9.00 Å². The lowest BCUT2D eigenvalue weighted by Gasteiger charge is -2.23. The minimum absolute atomic E-state index is 0.0401. The summed E-state index contributed by atoms with van der Waals surface area (Å²) in [7, 11) is -0.695. The second kappa shape index (κ2) is 6.82. The van der Waals surface area contributed by atoms with Gasteiger partial charge in [-0.1, -0.05) is 18.2 Å². The highest BCUT2D eigenvalue weighted by atomic mass is 32.2. The van der Waals surface area contributed by atoms with Crippen molar-refractivity contribution in [3.05, 3.63) is 35.4 Å². The van der Waals surface area contributed by atoms with Gasteiger partial charge in [-0.15, -0.1) is 0 Å². The zero-order valence-corrected chi connectivity index (χ0v) is 11.7. The Morgan fingerprint density at radius 2 is 2.00 bits per heavy atom. The Balaban J connectivity index is 2.01. The second-order valence-corrected chi connectivity index (χ2v) is 6.49. The fraction of sp³-hybridized carbons (Fsp3) is 0.500. The Morgan fingerprint density at radius 3 is 2.68 bits per heavy atom. The van der Waals surface area contributed by atoms with Crippen molar-refractivity contribution >= 4 is 16.7 Å². The van der Waals surface area contributed by atoms with Gasteiger partial charge < -0.3 is 11.1 Å². The van der Waals surface area contributed by atoms with Crippen LogP contribution in [-0.4, -0.2) is 34.2 Å². The van der Waals surface area contributed by atoms with E-state index in [1.165, 1.54) is 0 Å². The maximum absolute atomic E-state index is 12.3. The third-order valence-electron chi connectivity index (χ3n) is 3.40. The van der Waals surface area contributed by atoms with Crippen LogP contribution in [0.5, 0.6) is 0 Å². The number of amides is 1. The van der Waals surface area contributed by atoms with Gasteiger partial charge in [0, 0.05) is 33.9 Å². The molecule has 1 aliphatic rings. The monoisotopic (exact) mass is 280 g/mol. The average Bonchev–Trinajstić information content (AvgIpc) is 2.42. The highest BCUT2D eigenvalue weighted by molar-refractivity contribution is 7.85. The first-order valence-corrected chi connectivity index (χ1v) is 8.13. The molecule has 1 aliphatic heterocycles. The lowest BCUT2D eigenvalue weighted by Crippen LogP contribution is -2.39. The molecule has 0 radical (unpaired) electrons. The average molecular weight is 280 g/mol. The Hall–Kier alpha value is -1.20. The molecule has 0 atom stereocenters. The first-order chi connectivity index (χ1) is 9.20. The van der Waals surface area contributed by atoms with Gasteiger partial charge in [-0.25, -0.2) is 0 Å². The second-order valence-electron chi connectivity index (χ2n) is 4.79. The number of hydrogen-bond acceptors (Lipinski definition) is 3. The SMILES string of the molecule is NCCc1ccccc1C(=O)NC1CCS(=O)CC1. The molecule has 0 bridgehead atoms. The molecule has 19 heavy (non-hydrogen) atoms. The third-order valence-corrected chi connectivity index (χ3v) is 4.78. The van der Waals surface area contributed by atoms with Gasteiger partial charge in [0.1, 0.15) is 0 Å². The topological polar surface area (TPSA) is 72.2 Å². The first-order valence-electron chi connectivity index (χ1n) is 6.64. The normalized spacial score (nSPS) is 23.0. The van der Waals surface area contributed by atoms with E-state index in [2.05, 4.69) is 5.32 Å².